The van der Waals surface area contributed by atoms with Crippen LogP contribution < -0.4 is 5.73 Å². The molecule has 3 heterocycles. The minimum absolute atomic E-state index is 0.0313. The van der Waals surface area contributed by atoms with Gasteiger partial charge in [0.2, 0.25) is 5.76 Å². The summed E-state index contributed by atoms with van der Waals surface area (Å²) < 4.78 is 41.4. The Morgan fingerprint density at radius 3 is 2.34 bits per heavy atom. The van der Waals surface area contributed by atoms with Crippen LogP contribution in [-0.4, -0.2) is 125 Å². The highest BCUT2D eigenvalue weighted by molar-refractivity contribution is 5.87. The van der Waals surface area contributed by atoms with E-state index in [1.165, 1.54) is 20.3 Å². The fraction of sp³-hybridized carbons (Fsp3) is 0.739. The Balaban J connectivity index is 2.00. The number of aliphatic hydroxyl groups excluding tert-OH is 4. The number of aliphatic hydroxyl groups is 5. The molecular weight excluding hydrogens is 790 g/mol. The van der Waals surface area contributed by atoms with Gasteiger partial charge < -0.3 is 64.4 Å². The second-order valence-electron chi connectivity index (χ2n) is 17.5. The van der Waals surface area contributed by atoms with E-state index in [0.29, 0.717) is 18.4 Å². The number of hydrogen-bond acceptors (Lipinski definition) is 14. The molecule has 0 aliphatic carbocycles. The van der Waals surface area contributed by atoms with Crippen molar-refractivity contribution in [2.45, 2.75) is 168 Å². The molecule has 3 aliphatic heterocycles. The van der Waals surface area contributed by atoms with Crippen molar-refractivity contribution in [3.8, 4) is 0 Å². The van der Waals surface area contributed by atoms with Crippen molar-refractivity contribution in [2.75, 3.05) is 14.2 Å². The third kappa shape index (κ3) is 13.7. The zero-order valence-electron chi connectivity index (χ0n) is 38.2. The van der Waals surface area contributed by atoms with E-state index < -0.39 is 97.0 Å². The molecule has 0 bridgehead atoms. The average Bonchev–Trinajstić information content (AvgIpc) is 3.19. The lowest BCUT2D eigenvalue weighted by Gasteiger charge is -2.49. The third-order valence-electron chi connectivity index (χ3n) is 12.8. The second kappa shape index (κ2) is 23.5. The number of rotatable bonds is 11. The molecule has 348 valence electrons. The molecular formula is C46H75NO14. The average molecular weight is 866 g/mol. The number of amides is 1. The first kappa shape index (κ1) is 52.2. The summed E-state index contributed by atoms with van der Waals surface area (Å²) in [6.45, 7) is 18.2. The molecule has 18 atom stereocenters. The number of primary amides is 1. The highest BCUT2D eigenvalue weighted by atomic mass is 16.7. The maximum absolute atomic E-state index is 13.9. The predicted molar refractivity (Wildman–Crippen MR) is 228 cm³/mol. The molecule has 61 heavy (non-hydrogen) atoms. The number of carbonyl (C=O) groups is 2. The van der Waals surface area contributed by atoms with E-state index in [1.54, 1.807) is 52.0 Å². The molecule has 15 heteroatoms. The number of cyclic esters (lactones) is 1. The van der Waals surface area contributed by atoms with Gasteiger partial charge in [0.25, 0.3) is 0 Å². The largest absolute Gasteiger partial charge is 0.490 e. The zero-order valence-corrected chi connectivity index (χ0v) is 38.2. The van der Waals surface area contributed by atoms with E-state index in [1.807, 2.05) is 53.7 Å². The van der Waals surface area contributed by atoms with Crippen molar-refractivity contribution in [2.24, 2.45) is 41.2 Å². The van der Waals surface area contributed by atoms with Gasteiger partial charge in [-0.3, -0.25) is 0 Å². The zero-order chi connectivity index (χ0) is 45.9. The van der Waals surface area contributed by atoms with Gasteiger partial charge in [0.1, 0.15) is 12.2 Å². The number of ether oxygens (including phenoxy) is 7. The van der Waals surface area contributed by atoms with Crippen LogP contribution in [0, 0.1) is 35.5 Å². The summed E-state index contributed by atoms with van der Waals surface area (Å²) in [5.74, 6) is -6.00. The van der Waals surface area contributed by atoms with Crippen molar-refractivity contribution in [3.05, 3.63) is 59.4 Å². The molecule has 3 aliphatic rings. The Hall–Kier alpha value is -3.12. The summed E-state index contributed by atoms with van der Waals surface area (Å²) in [6, 6.07) is 0. The monoisotopic (exact) mass is 866 g/mol. The summed E-state index contributed by atoms with van der Waals surface area (Å²) in [5, 5.41) is 58.0. The SMILES string of the molecule is C/C=C/[C@H]1O[C@@](O)([C@@H](C)[C@H](O)[C@H](C)[C@@H]2OC(=O)/C(OC)=C/C(C)=C/[C@H](C)[C@H](O)[C@H](CC)[C@H](O)[C@@H](C)C/C(C)=C/C=C/[C@H]2OC)C[C@@H](OC2CC(O)C(OC(N)=O)C(C)O2)[C@@H]1C. The molecule has 0 saturated carbocycles. The summed E-state index contributed by atoms with van der Waals surface area (Å²) >= 11 is 0. The molecule has 3 rings (SSSR count). The van der Waals surface area contributed by atoms with Gasteiger partial charge in [0.15, 0.2) is 18.2 Å². The van der Waals surface area contributed by atoms with E-state index in [2.05, 4.69) is 0 Å². The van der Waals surface area contributed by atoms with Gasteiger partial charge in [-0.15, -0.1) is 0 Å². The number of hydrogen-bond donors (Lipinski definition) is 6. The van der Waals surface area contributed by atoms with Crippen LogP contribution >= 0.6 is 0 Å². The quantitative estimate of drug-likeness (QED) is 0.119. The summed E-state index contributed by atoms with van der Waals surface area (Å²) in [6.07, 6.45) is 2.20. The molecule has 15 nitrogen and oxygen atoms in total. The van der Waals surface area contributed by atoms with Crippen molar-refractivity contribution in [1.82, 2.24) is 0 Å². The molecule has 0 aromatic carbocycles. The van der Waals surface area contributed by atoms with E-state index in [-0.39, 0.29) is 42.3 Å². The van der Waals surface area contributed by atoms with Crippen molar-refractivity contribution in [3.63, 3.8) is 0 Å². The Bertz CT molecular complexity index is 1570. The lowest BCUT2D eigenvalue weighted by atomic mass is 9.77. The Morgan fingerprint density at radius 1 is 1.10 bits per heavy atom. The predicted octanol–water partition coefficient (Wildman–Crippen LogP) is 4.98. The lowest BCUT2D eigenvalue weighted by molar-refractivity contribution is -0.338. The summed E-state index contributed by atoms with van der Waals surface area (Å²) in [7, 11) is 2.81. The Labute approximate surface area is 362 Å². The Morgan fingerprint density at radius 2 is 1.77 bits per heavy atom. The van der Waals surface area contributed by atoms with Crippen LogP contribution in [0.2, 0.25) is 0 Å². The van der Waals surface area contributed by atoms with Gasteiger partial charge >= 0.3 is 12.1 Å². The first-order chi connectivity index (χ1) is 28.6. The van der Waals surface area contributed by atoms with Crippen LogP contribution in [0.1, 0.15) is 94.9 Å². The first-order valence-electron chi connectivity index (χ1n) is 21.7. The normalized spacial score (nSPS) is 42.2. The summed E-state index contributed by atoms with van der Waals surface area (Å²) in [5.41, 5.74) is 6.78. The molecule has 4 unspecified atom stereocenters. The molecule has 1 amide bonds. The minimum atomic E-state index is -1.97. The van der Waals surface area contributed by atoms with Crippen LogP contribution in [0.15, 0.2) is 59.4 Å². The maximum Gasteiger partial charge on any atom is 0.404 e. The smallest absolute Gasteiger partial charge is 0.404 e. The van der Waals surface area contributed by atoms with E-state index in [9.17, 15) is 35.1 Å². The number of allylic oxidation sites excluding steroid dienone is 6. The van der Waals surface area contributed by atoms with Crippen LogP contribution in [0.4, 0.5) is 4.79 Å². The van der Waals surface area contributed by atoms with Gasteiger partial charge in [-0.25, -0.2) is 9.59 Å². The maximum atomic E-state index is 13.9. The van der Waals surface area contributed by atoms with Crippen LogP contribution in [0.5, 0.6) is 0 Å². The van der Waals surface area contributed by atoms with Crippen molar-refractivity contribution in [1.29, 1.82) is 0 Å². The van der Waals surface area contributed by atoms with E-state index in [4.69, 9.17) is 38.9 Å². The van der Waals surface area contributed by atoms with Crippen LogP contribution in [0.25, 0.3) is 0 Å². The highest BCUT2D eigenvalue weighted by Gasteiger charge is 2.52. The van der Waals surface area contributed by atoms with Gasteiger partial charge in [0.05, 0.1) is 49.8 Å². The molecule has 2 fully saturated rings. The van der Waals surface area contributed by atoms with E-state index in [0.717, 1.165) is 5.57 Å². The van der Waals surface area contributed by atoms with Crippen molar-refractivity contribution >= 4 is 12.1 Å². The number of nitrogens with two attached hydrogens (primary N) is 1. The molecule has 2 saturated heterocycles. The fourth-order valence-electron chi connectivity index (χ4n) is 8.94. The van der Waals surface area contributed by atoms with Gasteiger partial charge in [-0.2, -0.15) is 0 Å². The number of carbonyl (C=O) groups excluding carboxylic acids is 2. The third-order valence-corrected chi connectivity index (χ3v) is 12.8. The molecule has 0 aromatic rings. The first-order valence-corrected chi connectivity index (χ1v) is 21.7. The molecule has 0 aromatic heterocycles. The number of methoxy groups -OCH3 is 2. The van der Waals surface area contributed by atoms with Gasteiger partial charge in [0, 0.05) is 49.5 Å². The van der Waals surface area contributed by atoms with Crippen LogP contribution in [0.3, 0.4) is 0 Å². The second-order valence-corrected chi connectivity index (χ2v) is 17.5. The molecule has 0 radical (unpaired) electrons. The summed E-state index contributed by atoms with van der Waals surface area (Å²) in [4.78, 5) is 25.4. The van der Waals surface area contributed by atoms with Crippen molar-refractivity contribution < 1.29 is 68.3 Å². The molecule has 7 N–H and O–H groups in total. The molecule has 0 spiro atoms. The highest BCUT2D eigenvalue weighted by Crippen LogP contribution is 2.42. The van der Waals surface area contributed by atoms with E-state index >= 15 is 0 Å². The van der Waals surface area contributed by atoms with Gasteiger partial charge in [-0.1, -0.05) is 89.1 Å². The Kier molecular flexibility index (Phi) is 20.1. The van der Waals surface area contributed by atoms with Crippen LogP contribution in [-0.2, 0) is 38.0 Å². The standard InChI is InChI=1S/C46H75NO14/c1-13-16-34-28(7)37(58-38-22-33(48)43(31(10)57-38)60-45(47)53)23-46(54,61-34)30(9)41(51)29(8)42-35(55-11)18-15-17-24(3)19-26(5)39(49)32(14-2)40(50)27(6)20-25(4)21-36(56-12)44(52)59-42/h13,15-18,20-21,26-35,37-43,48-51,54H,14,19,22-23H2,1-12H3,(H2,47,53)/b16-13+,18-15+,24-17+,25-20+,36-21-/t26-,27-,28+,29-,30-,31?,32+,33?,34+,35+,37+,38?,39+,40-,41+,42-,43?,46+/m0/s1. The lowest BCUT2D eigenvalue weighted by Crippen LogP contribution is -2.59. The van der Waals surface area contributed by atoms with Gasteiger partial charge in [-0.05, 0) is 52.5 Å². The minimum Gasteiger partial charge on any atom is -0.490 e. The fourth-order valence-corrected chi connectivity index (χ4v) is 8.94. The topological polar surface area (TPSA) is 226 Å². The number of esters is 1.